The lowest BCUT2D eigenvalue weighted by Gasteiger charge is -2.13. The van der Waals surface area contributed by atoms with E-state index >= 15 is 0 Å². The number of nitrogen functional groups attached to an aromatic ring is 1. The second kappa shape index (κ2) is 12.4. The van der Waals surface area contributed by atoms with E-state index in [-0.39, 0.29) is 42.0 Å². The van der Waals surface area contributed by atoms with Gasteiger partial charge in [-0.2, -0.15) is 0 Å². The molecule has 2 heterocycles. The molecule has 11 nitrogen and oxygen atoms in total. The summed E-state index contributed by atoms with van der Waals surface area (Å²) in [7, 11) is 0. The van der Waals surface area contributed by atoms with Gasteiger partial charge < -0.3 is 24.9 Å². The van der Waals surface area contributed by atoms with Crippen LogP contribution in [0, 0.1) is 6.92 Å². The van der Waals surface area contributed by atoms with E-state index in [4.69, 9.17) is 14.9 Å². The van der Waals surface area contributed by atoms with Crippen molar-refractivity contribution in [3.63, 3.8) is 0 Å². The van der Waals surface area contributed by atoms with Gasteiger partial charge in [-0.3, -0.25) is 14.4 Å². The van der Waals surface area contributed by atoms with Gasteiger partial charge in [-0.15, -0.1) is 0 Å². The van der Waals surface area contributed by atoms with Crippen LogP contribution in [0.25, 0.3) is 0 Å². The van der Waals surface area contributed by atoms with E-state index in [0.717, 1.165) is 11.8 Å². The van der Waals surface area contributed by atoms with Gasteiger partial charge in [-0.05, 0) is 37.7 Å². The molecule has 0 saturated carbocycles. The minimum absolute atomic E-state index is 0.0646. The van der Waals surface area contributed by atoms with Gasteiger partial charge in [0.2, 0.25) is 5.91 Å². The maximum atomic E-state index is 12.5. The van der Waals surface area contributed by atoms with Gasteiger partial charge in [0.05, 0.1) is 19.3 Å². The zero-order valence-electron chi connectivity index (χ0n) is 18.4. The van der Waals surface area contributed by atoms with E-state index in [1.165, 1.54) is 25.5 Å². The largest absolute Gasteiger partial charge is 0.463 e. The van der Waals surface area contributed by atoms with E-state index in [9.17, 15) is 19.2 Å². The molecule has 33 heavy (non-hydrogen) atoms. The average Bonchev–Trinajstić information content (AvgIpc) is 3.28. The molecular weight excluding hydrogens is 452 g/mol. The highest BCUT2D eigenvalue weighted by atomic mass is 32.2. The Bertz CT molecular complexity index is 1050. The number of nitrogens with zero attached hydrogens (tertiary/aromatic N) is 2. The number of hydrogen-bond acceptors (Lipinski definition) is 11. The van der Waals surface area contributed by atoms with Crippen molar-refractivity contribution in [3.8, 4) is 0 Å². The van der Waals surface area contributed by atoms with Crippen LogP contribution in [-0.4, -0.2) is 46.1 Å². The molecule has 0 radical (unpaired) electrons. The first-order valence-corrected chi connectivity index (χ1v) is 10.6. The summed E-state index contributed by atoms with van der Waals surface area (Å²) < 4.78 is 14.7. The fourth-order valence-electron chi connectivity index (χ4n) is 2.48. The van der Waals surface area contributed by atoms with Crippen molar-refractivity contribution in [1.82, 2.24) is 15.3 Å². The summed E-state index contributed by atoms with van der Waals surface area (Å²) >= 11 is 0.840. The van der Waals surface area contributed by atoms with E-state index in [1.807, 2.05) is 0 Å². The van der Waals surface area contributed by atoms with E-state index in [1.54, 1.807) is 19.9 Å². The monoisotopic (exact) mass is 476 g/mol. The second-order valence-corrected chi connectivity index (χ2v) is 7.79. The number of carbonyl (C=O) groups is 4. The van der Waals surface area contributed by atoms with Crippen LogP contribution in [0.4, 0.5) is 5.82 Å². The van der Waals surface area contributed by atoms with Crippen molar-refractivity contribution in [2.75, 3.05) is 18.9 Å². The van der Waals surface area contributed by atoms with Crippen molar-refractivity contribution in [2.45, 2.75) is 33.6 Å². The van der Waals surface area contributed by atoms with Crippen molar-refractivity contribution in [3.05, 3.63) is 52.3 Å². The molecule has 0 aliphatic carbocycles. The molecule has 0 aliphatic rings. The predicted octanol–water partition coefficient (Wildman–Crippen LogP) is 1.92. The summed E-state index contributed by atoms with van der Waals surface area (Å²) in [6, 6.07) is 3.09. The number of nitrogens with two attached hydrogens (primary N) is 1. The summed E-state index contributed by atoms with van der Waals surface area (Å²) in [4.78, 5) is 55.9. The number of amides is 1. The number of aryl methyl sites for hydroxylation is 1. The lowest BCUT2D eigenvalue weighted by molar-refractivity contribution is -0.157. The van der Waals surface area contributed by atoms with Crippen LogP contribution in [0.3, 0.4) is 0 Å². The molecule has 0 saturated heterocycles. The molecule has 0 aromatic carbocycles. The number of aromatic nitrogens is 2. The molecule has 2 aromatic heterocycles. The lowest BCUT2D eigenvalue weighted by Crippen LogP contribution is -2.25. The summed E-state index contributed by atoms with van der Waals surface area (Å²) in [5.41, 5.74) is 6.70. The van der Waals surface area contributed by atoms with Gasteiger partial charge in [-0.1, -0.05) is 0 Å². The van der Waals surface area contributed by atoms with E-state index < -0.39 is 18.5 Å². The van der Waals surface area contributed by atoms with Crippen LogP contribution in [-0.2, 0) is 30.3 Å². The number of anilines is 1. The van der Waals surface area contributed by atoms with Crippen LogP contribution in [0.15, 0.2) is 39.6 Å². The Hall–Kier alpha value is -3.67. The molecule has 0 aliphatic heterocycles. The van der Waals surface area contributed by atoms with Gasteiger partial charge >= 0.3 is 11.9 Å². The minimum atomic E-state index is -0.733. The predicted molar refractivity (Wildman–Crippen MR) is 119 cm³/mol. The quantitative estimate of drug-likeness (QED) is 0.481. The fraction of sp³-hybridized carbons (Fsp3) is 0.333. The van der Waals surface area contributed by atoms with Crippen LogP contribution >= 0.6 is 11.8 Å². The third kappa shape index (κ3) is 8.77. The minimum Gasteiger partial charge on any atom is -0.463 e. The molecule has 0 atom stereocenters. The Labute approximate surface area is 194 Å². The second-order valence-electron chi connectivity index (χ2n) is 6.72. The number of thioether (sulfide) groups is 1. The maximum Gasteiger partial charge on any atom is 0.344 e. The first-order valence-electron chi connectivity index (χ1n) is 9.78. The first kappa shape index (κ1) is 25.6. The first-order chi connectivity index (χ1) is 15.7. The summed E-state index contributed by atoms with van der Waals surface area (Å²) in [5, 5.41) is 2.33. The van der Waals surface area contributed by atoms with Crippen LogP contribution in [0.2, 0.25) is 0 Å². The molecule has 176 valence electrons. The van der Waals surface area contributed by atoms with Crippen molar-refractivity contribution in [2.24, 2.45) is 0 Å². The number of rotatable bonds is 10. The highest BCUT2D eigenvalue weighted by Crippen LogP contribution is 2.27. The number of esters is 2. The molecule has 0 unspecified atom stereocenters. The van der Waals surface area contributed by atoms with Crippen molar-refractivity contribution in [1.29, 1.82) is 0 Å². The van der Waals surface area contributed by atoms with E-state index in [0.29, 0.717) is 22.0 Å². The van der Waals surface area contributed by atoms with Crippen LogP contribution in [0.5, 0.6) is 0 Å². The van der Waals surface area contributed by atoms with Crippen molar-refractivity contribution < 1.29 is 33.1 Å². The molecule has 0 spiro atoms. The molecule has 1 amide bonds. The lowest BCUT2D eigenvalue weighted by atomic mass is 10.2. The number of hydrogen-bond donors (Lipinski definition) is 2. The zero-order valence-corrected chi connectivity index (χ0v) is 19.2. The molecule has 0 bridgehead atoms. The molecule has 3 N–H and O–H groups in total. The molecule has 0 fully saturated rings. The molecule has 2 aromatic rings. The van der Waals surface area contributed by atoms with E-state index in [2.05, 4.69) is 20.0 Å². The number of ether oxygens (including phenoxy) is 2. The SMILES string of the molecule is CC(=O)OCC(=O)OCC/C(SC(=O)c1ccco1)=C(\C)NC(=O)Cc1cnc(C)nc1N. The number of nitrogens with one attached hydrogen (secondary N) is 1. The van der Waals surface area contributed by atoms with Crippen LogP contribution in [0.1, 0.15) is 42.2 Å². The smallest absolute Gasteiger partial charge is 0.344 e. The topological polar surface area (TPSA) is 164 Å². The molecule has 2 rings (SSSR count). The van der Waals surface area contributed by atoms with Gasteiger partial charge in [-0.25, -0.2) is 14.8 Å². The highest BCUT2D eigenvalue weighted by molar-refractivity contribution is 8.17. The Balaban J connectivity index is 2.06. The average molecular weight is 477 g/mol. The molecule has 12 heteroatoms. The third-order valence-electron chi connectivity index (χ3n) is 4.04. The maximum absolute atomic E-state index is 12.5. The standard InChI is InChI=1S/C21H24N4O7S/c1-12(24-18(27)9-15-10-23-13(2)25-20(15)22)17(33-21(29)16-5-4-7-30-16)6-8-31-19(28)11-32-14(3)26/h4-5,7,10H,6,8-9,11H2,1-3H3,(H,24,27)(H2,22,23,25)/b17-12-. The van der Waals surface area contributed by atoms with Crippen molar-refractivity contribution >= 4 is 40.5 Å². The summed E-state index contributed by atoms with van der Waals surface area (Å²) in [5.74, 6) is -0.892. The van der Waals surface area contributed by atoms with Gasteiger partial charge in [0.25, 0.3) is 5.12 Å². The summed E-state index contributed by atoms with van der Waals surface area (Å²) in [6.07, 6.45) is 2.92. The Morgan fingerprint density at radius 2 is 1.97 bits per heavy atom. The normalized spacial score (nSPS) is 11.4. The Morgan fingerprint density at radius 1 is 1.21 bits per heavy atom. The summed E-state index contributed by atoms with van der Waals surface area (Å²) in [6.45, 7) is 3.87. The fourth-order valence-corrected chi connectivity index (χ4v) is 3.31. The zero-order chi connectivity index (χ0) is 24.4. The molecular formula is C21H24N4O7S. The van der Waals surface area contributed by atoms with Crippen LogP contribution < -0.4 is 11.1 Å². The highest BCUT2D eigenvalue weighted by Gasteiger charge is 2.17. The Morgan fingerprint density at radius 3 is 2.61 bits per heavy atom. The Kier molecular flexibility index (Phi) is 9.61. The van der Waals surface area contributed by atoms with Gasteiger partial charge in [0.1, 0.15) is 11.6 Å². The number of furan rings is 1. The van der Waals surface area contributed by atoms with Gasteiger partial charge in [0.15, 0.2) is 12.4 Å². The number of carbonyl (C=O) groups excluding carboxylic acids is 4. The van der Waals surface area contributed by atoms with Gasteiger partial charge in [0, 0.05) is 35.7 Å². The number of allylic oxidation sites excluding steroid dienone is 1. The third-order valence-corrected chi connectivity index (χ3v) is 5.18.